The van der Waals surface area contributed by atoms with Gasteiger partial charge in [0.05, 0.1) is 0 Å². The summed E-state index contributed by atoms with van der Waals surface area (Å²) in [5, 5.41) is 9.59. The van der Waals surface area contributed by atoms with Crippen molar-refractivity contribution in [2.75, 3.05) is 25.1 Å². The summed E-state index contributed by atoms with van der Waals surface area (Å²) in [6, 6.07) is 7.53. The van der Waals surface area contributed by atoms with Crippen molar-refractivity contribution in [1.82, 2.24) is 15.2 Å². The summed E-state index contributed by atoms with van der Waals surface area (Å²) in [5.41, 5.74) is 7.17. The quantitative estimate of drug-likeness (QED) is 0.851. The molecule has 0 unspecified atom stereocenters. The maximum atomic E-state index is 12.0. The molecule has 1 amide bonds. The van der Waals surface area contributed by atoms with Gasteiger partial charge in [-0.25, -0.2) is 4.63 Å². The van der Waals surface area contributed by atoms with Gasteiger partial charge in [-0.2, -0.15) is 0 Å². The summed E-state index contributed by atoms with van der Waals surface area (Å²) in [6.07, 6.45) is 0. The number of carbonyl (C=O) groups is 1. The number of benzene rings is 1. The van der Waals surface area contributed by atoms with Crippen LogP contribution in [0.3, 0.4) is 0 Å². The Labute approximate surface area is 110 Å². The smallest absolute Gasteiger partial charge is 0.281 e. The van der Waals surface area contributed by atoms with Crippen molar-refractivity contribution < 1.29 is 9.42 Å². The molecule has 0 atom stereocenters. The number of nitrogens with zero attached hydrogens (tertiary/aromatic N) is 3. The van der Waals surface area contributed by atoms with E-state index >= 15 is 0 Å². The zero-order chi connectivity index (χ0) is 13.8. The van der Waals surface area contributed by atoms with Crippen molar-refractivity contribution in [3.8, 4) is 0 Å². The van der Waals surface area contributed by atoms with E-state index in [1.165, 1.54) is 0 Å². The number of carbonyl (C=O) groups excluding carboxylic acids is 1. The number of nitrogens with two attached hydrogens (primary N) is 1. The first-order chi connectivity index (χ1) is 9.08. The number of anilines is 2. The topological polar surface area (TPSA) is 97.3 Å². The van der Waals surface area contributed by atoms with Crippen LogP contribution in [0.5, 0.6) is 0 Å². The van der Waals surface area contributed by atoms with E-state index in [-0.39, 0.29) is 11.5 Å². The average Bonchev–Trinajstić information content (AvgIpc) is 2.77. The van der Waals surface area contributed by atoms with E-state index < -0.39 is 5.91 Å². The summed E-state index contributed by atoms with van der Waals surface area (Å²) in [6.45, 7) is 0.711. The Kier molecular flexibility index (Phi) is 3.76. The zero-order valence-electron chi connectivity index (χ0n) is 10.8. The minimum Gasteiger partial charge on any atom is -0.379 e. The summed E-state index contributed by atoms with van der Waals surface area (Å²) >= 11 is 0. The first-order valence-electron chi connectivity index (χ1n) is 5.70. The number of hydrogen-bond donors (Lipinski definition) is 2. The number of amides is 1. The molecular weight excluding hydrogens is 246 g/mol. The highest BCUT2D eigenvalue weighted by molar-refractivity contribution is 6.05. The molecule has 0 aliphatic rings. The van der Waals surface area contributed by atoms with Crippen LogP contribution in [0.4, 0.5) is 11.5 Å². The van der Waals surface area contributed by atoms with Crippen molar-refractivity contribution >= 4 is 17.4 Å². The molecule has 0 radical (unpaired) electrons. The van der Waals surface area contributed by atoms with Crippen molar-refractivity contribution in [3.05, 3.63) is 35.5 Å². The van der Waals surface area contributed by atoms with E-state index in [4.69, 9.17) is 5.73 Å². The summed E-state index contributed by atoms with van der Waals surface area (Å²) in [5.74, 6) is -0.465. The second-order valence-electron chi connectivity index (χ2n) is 4.35. The normalized spacial score (nSPS) is 10.7. The van der Waals surface area contributed by atoms with Gasteiger partial charge in [0.1, 0.15) is 0 Å². The van der Waals surface area contributed by atoms with E-state index in [2.05, 4.69) is 20.3 Å². The summed E-state index contributed by atoms with van der Waals surface area (Å²) in [7, 11) is 3.91. The Morgan fingerprint density at radius 2 is 2.11 bits per heavy atom. The Morgan fingerprint density at radius 1 is 1.37 bits per heavy atom. The van der Waals surface area contributed by atoms with Crippen molar-refractivity contribution in [3.63, 3.8) is 0 Å². The molecule has 3 N–H and O–H groups in total. The lowest BCUT2D eigenvalue weighted by Crippen LogP contribution is -2.17. The first-order valence-corrected chi connectivity index (χ1v) is 5.70. The Bertz CT molecular complexity index is 579. The third kappa shape index (κ3) is 3.08. The molecule has 19 heavy (non-hydrogen) atoms. The lowest BCUT2D eigenvalue weighted by atomic mass is 10.1. The van der Waals surface area contributed by atoms with Crippen LogP contribution in [0.25, 0.3) is 0 Å². The highest BCUT2D eigenvalue weighted by Gasteiger charge is 2.17. The van der Waals surface area contributed by atoms with Crippen LogP contribution < -0.4 is 11.1 Å². The molecule has 0 fully saturated rings. The Hall–Kier alpha value is -2.41. The van der Waals surface area contributed by atoms with Gasteiger partial charge in [-0.15, -0.1) is 0 Å². The number of nitrogen functional groups attached to an aromatic ring is 1. The van der Waals surface area contributed by atoms with Crippen molar-refractivity contribution in [1.29, 1.82) is 0 Å². The van der Waals surface area contributed by atoms with Gasteiger partial charge in [0.15, 0.2) is 0 Å². The second kappa shape index (κ2) is 5.49. The molecular formula is C12H15N5O2. The third-order valence-electron chi connectivity index (χ3n) is 2.48. The average molecular weight is 261 g/mol. The minimum absolute atomic E-state index is 0.0142. The molecule has 1 aromatic carbocycles. The highest BCUT2D eigenvalue weighted by Crippen LogP contribution is 2.18. The number of nitrogens with one attached hydrogen (secondary N) is 1. The molecule has 100 valence electrons. The standard InChI is InChI=1S/C12H15N5O2/c1-17(2)7-8-5-3-4-6-9(8)14-12(18)10-11(13)16-19-15-10/h3-6H,7H2,1-2H3,(H2,13,16)(H,14,18). The largest absolute Gasteiger partial charge is 0.379 e. The van der Waals surface area contributed by atoms with Crippen LogP contribution in [0.15, 0.2) is 28.9 Å². The van der Waals surface area contributed by atoms with Gasteiger partial charge in [0.2, 0.25) is 11.5 Å². The van der Waals surface area contributed by atoms with Crippen LogP contribution in [-0.2, 0) is 6.54 Å². The highest BCUT2D eigenvalue weighted by atomic mass is 16.6. The number of hydrogen-bond acceptors (Lipinski definition) is 6. The zero-order valence-corrected chi connectivity index (χ0v) is 10.8. The van der Waals surface area contributed by atoms with Crippen LogP contribution in [0.2, 0.25) is 0 Å². The predicted molar refractivity (Wildman–Crippen MR) is 70.5 cm³/mol. The molecule has 1 heterocycles. The molecule has 0 aliphatic carbocycles. The van der Waals surface area contributed by atoms with Gasteiger partial charge in [-0.1, -0.05) is 18.2 Å². The molecule has 1 aromatic heterocycles. The number of rotatable bonds is 4. The van der Waals surface area contributed by atoms with Crippen LogP contribution in [-0.4, -0.2) is 35.2 Å². The van der Waals surface area contributed by atoms with Gasteiger partial charge < -0.3 is 16.0 Å². The fraction of sp³-hybridized carbons (Fsp3) is 0.250. The minimum atomic E-state index is -0.440. The molecule has 0 bridgehead atoms. The first kappa shape index (κ1) is 13.0. The molecule has 2 aromatic rings. The number of para-hydroxylation sites is 1. The fourth-order valence-corrected chi connectivity index (χ4v) is 1.66. The summed E-state index contributed by atoms with van der Waals surface area (Å²) in [4.78, 5) is 14.0. The Balaban J connectivity index is 2.19. The van der Waals surface area contributed by atoms with Gasteiger partial charge in [0.25, 0.3) is 5.91 Å². The van der Waals surface area contributed by atoms with Gasteiger partial charge in [-0.3, -0.25) is 4.79 Å². The molecule has 7 nitrogen and oxygen atoms in total. The molecule has 0 saturated heterocycles. The van der Waals surface area contributed by atoms with E-state index in [0.717, 1.165) is 5.56 Å². The van der Waals surface area contributed by atoms with E-state index in [0.29, 0.717) is 12.2 Å². The van der Waals surface area contributed by atoms with Crippen LogP contribution >= 0.6 is 0 Å². The molecule has 2 rings (SSSR count). The van der Waals surface area contributed by atoms with E-state index in [1.807, 2.05) is 43.3 Å². The molecule has 0 aliphatic heterocycles. The monoisotopic (exact) mass is 261 g/mol. The second-order valence-corrected chi connectivity index (χ2v) is 4.35. The van der Waals surface area contributed by atoms with E-state index in [9.17, 15) is 4.79 Å². The van der Waals surface area contributed by atoms with Crippen molar-refractivity contribution in [2.24, 2.45) is 0 Å². The maximum absolute atomic E-state index is 12.0. The Morgan fingerprint density at radius 3 is 2.74 bits per heavy atom. The lowest BCUT2D eigenvalue weighted by molar-refractivity contribution is 0.101. The van der Waals surface area contributed by atoms with E-state index in [1.54, 1.807) is 0 Å². The third-order valence-corrected chi connectivity index (χ3v) is 2.48. The van der Waals surface area contributed by atoms with Crippen LogP contribution in [0, 0.1) is 0 Å². The predicted octanol–water partition coefficient (Wildman–Crippen LogP) is 0.966. The molecule has 0 saturated carbocycles. The SMILES string of the molecule is CN(C)Cc1ccccc1NC(=O)c1nonc1N. The molecule has 0 spiro atoms. The van der Waals surface area contributed by atoms with Crippen LogP contribution in [0.1, 0.15) is 16.1 Å². The number of aromatic nitrogens is 2. The summed E-state index contributed by atoms with van der Waals surface area (Å²) < 4.78 is 4.40. The maximum Gasteiger partial charge on any atom is 0.281 e. The van der Waals surface area contributed by atoms with Gasteiger partial charge in [0, 0.05) is 12.2 Å². The van der Waals surface area contributed by atoms with Crippen molar-refractivity contribution in [2.45, 2.75) is 6.54 Å². The molecule has 7 heteroatoms. The van der Waals surface area contributed by atoms with Gasteiger partial charge >= 0.3 is 0 Å². The lowest BCUT2D eigenvalue weighted by Gasteiger charge is -2.14. The fourth-order valence-electron chi connectivity index (χ4n) is 1.66. The van der Waals surface area contributed by atoms with Gasteiger partial charge in [-0.05, 0) is 36.0 Å².